The van der Waals surface area contributed by atoms with Crippen LogP contribution in [-0.2, 0) is 0 Å². The van der Waals surface area contributed by atoms with Crippen molar-refractivity contribution >= 4 is 49.4 Å². The van der Waals surface area contributed by atoms with E-state index in [4.69, 9.17) is 0 Å². The zero-order valence-corrected chi connectivity index (χ0v) is 20.5. The third kappa shape index (κ3) is 3.08. The molecule has 0 spiro atoms. The van der Waals surface area contributed by atoms with Crippen LogP contribution in [-0.4, -0.2) is 0 Å². The summed E-state index contributed by atoms with van der Waals surface area (Å²) in [6.07, 6.45) is 0. The first-order chi connectivity index (χ1) is 16.4. The van der Waals surface area contributed by atoms with Crippen LogP contribution in [0.1, 0.15) is 27.8 Å². The highest BCUT2D eigenvalue weighted by Gasteiger charge is 2.20. The first-order valence-electron chi connectivity index (χ1n) is 12.0. The molecule has 0 aliphatic carbocycles. The van der Waals surface area contributed by atoms with E-state index in [1.54, 1.807) is 0 Å². The molecule has 6 rings (SSSR count). The van der Waals surface area contributed by atoms with Gasteiger partial charge in [-0.3, -0.25) is 0 Å². The second kappa shape index (κ2) is 7.60. The van der Waals surface area contributed by atoms with Crippen LogP contribution in [0.5, 0.6) is 0 Å². The second-order valence-electron chi connectivity index (χ2n) is 9.80. The van der Waals surface area contributed by atoms with Crippen LogP contribution in [0.3, 0.4) is 0 Å². The highest BCUT2D eigenvalue weighted by atomic mass is 15.1. The van der Waals surface area contributed by atoms with E-state index in [9.17, 15) is 0 Å². The summed E-state index contributed by atoms with van der Waals surface area (Å²) in [5, 5.41) is 8.12. The number of anilines is 3. The summed E-state index contributed by atoms with van der Waals surface area (Å²) in [5.74, 6) is 0. The van der Waals surface area contributed by atoms with Crippen molar-refractivity contribution in [2.75, 3.05) is 4.90 Å². The van der Waals surface area contributed by atoms with E-state index in [-0.39, 0.29) is 0 Å². The summed E-state index contributed by atoms with van der Waals surface area (Å²) in [6, 6.07) is 31.7. The molecule has 0 unspecified atom stereocenters. The quantitative estimate of drug-likeness (QED) is 0.248. The highest BCUT2D eigenvalue weighted by Crippen LogP contribution is 2.46. The number of nitrogens with zero attached hydrogens (tertiary/aromatic N) is 1. The van der Waals surface area contributed by atoms with Crippen LogP contribution in [0.15, 0.2) is 84.9 Å². The molecule has 6 aromatic carbocycles. The van der Waals surface area contributed by atoms with Crippen molar-refractivity contribution in [3.05, 3.63) is 113 Å². The molecule has 0 N–H and O–H groups in total. The van der Waals surface area contributed by atoms with Gasteiger partial charge in [0.25, 0.3) is 0 Å². The van der Waals surface area contributed by atoms with Gasteiger partial charge in [0.05, 0.1) is 5.69 Å². The number of hydrogen-bond donors (Lipinski definition) is 0. The Morgan fingerprint density at radius 3 is 1.62 bits per heavy atom. The van der Waals surface area contributed by atoms with Crippen LogP contribution >= 0.6 is 0 Å². The maximum Gasteiger partial charge on any atom is 0.0543 e. The molecule has 0 fully saturated rings. The van der Waals surface area contributed by atoms with Gasteiger partial charge in [0.1, 0.15) is 0 Å². The molecule has 0 aliphatic heterocycles. The summed E-state index contributed by atoms with van der Waals surface area (Å²) in [7, 11) is 0. The summed E-state index contributed by atoms with van der Waals surface area (Å²) < 4.78 is 0. The molecule has 6 aromatic rings. The second-order valence-corrected chi connectivity index (χ2v) is 9.80. The van der Waals surface area contributed by atoms with Crippen molar-refractivity contribution < 1.29 is 0 Å². The topological polar surface area (TPSA) is 3.24 Å². The molecule has 0 atom stereocenters. The smallest absolute Gasteiger partial charge is 0.0543 e. The van der Waals surface area contributed by atoms with Crippen molar-refractivity contribution in [1.82, 2.24) is 0 Å². The Bertz CT molecular complexity index is 1670. The normalized spacial score (nSPS) is 11.7. The van der Waals surface area contributed by atoms with Crippen molar-refractivity contribution in [1.29, 1.82) is 0 Å². The van der Waals surface area contributed by atoms with E-state index in [0.717, 1.165) is 0 Å². The van der Waals surface area contributed by atoms with Crippen LogP contribution in [0.25, 0.3) is 32.3 Å². The minimum absolute atomic E-state index is 1.18. The van der Waals surface area contributed by atoms with E-state index in [1.165, 1.54) is 77.2 Å². The lowest BCUT2D eigenvalue weighted by molar-refractivity contribution is 1.27. The first-order valence-corrected chi connectivity index (χ1v) is 12.0. The molecule has 0 bridgehead atoms. The van der Waals surface area contributed by atoms with Crippen molar-refractivity contribution in [2.45, 2.75) is 34.6 Å². The Kier molecular flexibility index (Phi) is 4.64. The van der Waals surface area contributed by atoms with E-state index in [0.29, 0.717) is 0 Å². The molecule has 0 aromatic heterocycles. The summed E-state index contributed by atoms with van der Waals surface area (Å²) in [6.45, 7) is 11.0. The van der Waals surface area contributed by atoms with Gasteiger partial charge in [0.2, 0.25) is 0 Å². The molecule has 0 aliphatic rings. The number of rotatable bonds is 3. The van der Waals surface area contributed by atoms with E-state index in [2.05, 4.69) is 124 Å². The van der Waals surface area contributed by atoms with Gasteiger partial charge in [-0.15, -0.1) is 0 Å². The van der Waals surface area contributed by atoms with Crippen LogP contribution in [0.2, 0.25) is 0 Å². The zero-order chi connectivity index (χ0) is 23.6. The number of hydrogen-bond acceptors (Lipinski definition) is 1. The Hall–Kier alpha value is -3.84. The Balaban J connectivity index is 1.76. The SMILES string of the molecule is Cc1ccc(N(c2cccc(C)c2)c2cc(C)c3ccc4c(C)cc(C)c5ccc2c3c45)cc1. The van der Waals surface area contributed by atoms with Gasteiger partial charge >= 0.3 is 0 Å². The molecule has 166 valence electrons. The van der Waals surface area contributed by atoms with Crippen molar-refractivity contribution in [3.63, 3.8) is 0 Å². The molecule has 0 saturated carbocycles. The zero-order valence-electron chi connectivity index (χ0n) is 20.5. The third-order valence-electron chi connectivity index (χ3n) is 7.29. The monoisotopic (exact) mass is 439 g/mol. The maximum absolute atomic E-state index is 2.42. The molecule has 34 heavy (non-hydrogen) atoms. The summed E-state index contributed by atoms with van der Waals surface area (Å²) in [4.78, 5) is 2.42. The van der Waals surface area contributed by atoms with Gasteiger partial charge in [0, 0.05) is 16.8 Å². The van der Waals surface area contributed by atoms with Crippen molar-refractivity contribution in [2.24, 2.45) is 0 Å². The van der Waals surface area contributed by atoms with Gasteiger partial charge in [-0.1, -0.05) is 60.2 Å². The fourth-order valence-electron chi connectivity index (χ4n) is 5.61. The van der Waals surface area contributed by atoms with E-state index < -0.39 is 0 Å². The van der Waals surface area contributed by atoms with Crippen LogP contribution < -0.4 is 4.90 Å². The summed E-state index contributed by atoms with van der Waals surface area (Å²) in [5.41, 5.74) is 10.1. The third-order valence-corrected chi connectivity index (χ3v) is 7.29. The lowest BCUT2D eigenvalue weighted by Crippen LogP contribution is -2.11. The predicted octanol–water partition coefficient (Wildman–Crippen LogP) is 9.60. The molecule has 0 heterocycles. The minimum atomic E-state index is 1.18. The van der Waals surface area contributed by atoms with Gasteiger partial charge in [-0.2, -0.15) is 0 Å². The molecule has 0 saturated heterocycles. The Morgan fingerprint density at radius 2 is 1.00 bits per heavy atom. The molecule has 0 radical (unpaired) electrons. The Labute approximate surface area is 201 Å². The standard InChI is InChI=1S/C33H29N/c1-20-9-11-25(12-10-20)34(26-8-6-7-21(2)17-26)31-19-24(5)29-14-13-27-22(3)18-23(4)28-15-16-30(31)33(29)32(27)28/h6-19H,1-5H3. The molecule has 0 amide bonds. The van der Waals surface area contributed by atoms with Gasteiger partial charge in [0.15, 0.2) is 0 Å². The average molecular weight is 440 g/mol. The molecular weight excluding hydrogens is 410 g/mol. The average Bonchev–Trinajstić information content (AvgIpc) is 2.82. The number of benzene rings is 6. The molecular formula is C33H29N. The van der Waals surface area contributed by atoms with Gasteiger partial charge < -0.3 is 4.90 Å². The van der Waals surface area contributed by atoms with E-state index >= 15 is 0 Å². The molecule has 1 heteroatoms. The lowest BCUT2D eigenvalue weighted by atomic mass is 9.87. The fourth-order valence-corrected chi connectivity index (χ4v) is 5.61. The van der Waals surface area contributed by atoms with Crippen LogP contribution in [0.4, 0.5) is 17.1 Å². The highest BCUT2D eigenvalue weighted by molar-refractivity contribution is 6.27. The van der Waals surface area contributed by atoms with Crippen LogP contribution in [0, 0.1) is 34.6 Å². The summed E-state index contributed by atoms with van der Waals surface area (Å²) >= 11 is 0. The van der Waals surface area contributed by atoms with Gasteiger partial charge in [-0.25, -0.2) is 0 Å². The number of aryl methyl sites for hydroxylation is 5. The van der Waals surface area contributed by atoms with Crippen molar-refractivity contribution in [3.8, 4) is 0 Å². The maximum atomic E-state index is 2.42. The van der Waals surface area contributed by atoms with Gasteiger partial charge in [-0.05, 0) is 114 Å². The lowest BCUT2D eigenvalue weighted by Gasteiger charge is -2.29. The largest absolute Gasteiger partial charge is 0.310 e. The molecule has 1 nitrogen and oxygen atoms in total. The fraction of sp³-hybridized carbons (Fsp3) is 0.152. The predicted molar refractivity (Wildman–Crippen MR) is 149 cm³/mol. The first kappa shape index (κ1) is 20.7. The Morgan fingerprint density at radius 1 is 0.441 bits per heavy atom. The minimum Gasteiger partial charge on any atom is -0.310 e. The van der Waals surface area contributed by atoms with E-state index in [1.807, 2.05) is 0 Å².